The zero-order valence-corrected chi connectivity index (χ0v) is 23.8. The number of carbonyl (C=O) groups is 3. The van der Waals surface area contributed by atoms with Crippen molar-refractivity contribution < 1.29 is 28.6 Å². The van der Waals surface area contributed by atoms with Crippen LogP contribution in [0.4, 0.5) is 9.59 Å². The van der Waals surface area contributed by atoms with E-state index in [0.29, 0.717) is 25.9 Å². The zero-order chi connectivity index (χ0) is 27.7. The summed E-state index contributed by atoms with van der Waals surface area (Å²) >= 11 is 0. The molecule has 1 rings (SSSR count). The number of hydrogen-bond acceptors (Lipinski definition) is 6. The lowest BCUT2D eigenvalue weighted by molar-refractivity contribution is -0.147. The van der Waals surface area contributed by atoms with E-state index in [2.05, 4.69) is 5.32 Å². The van der Waals surface area contributed by atoms with Crippen molar-refractivity contribution in [2.24, 2.45) is 11.3 Å². The first-order valence-electron chi connectivity index (χ1n) is 12.5. The molecular formula is C28H46N2O6. The fourth-order valence-corrected chi connectivity index (χ4v) is 3.71. The molecule has 0 aliphatic heterocycles. The smallest absolute Gasteiger partial charge is 0.410 e. The van der Waals surface area contributed by atoms with E-state index in [1.54, 1.807) is 32.6 Å². The molecule has 204 valence electrons. The summed E-state index contributed by atoms with van der Waals surface area (Å²) < 4.78 is 16.0. The number of amides is 2. The molecule has 0 radical (unpaired) electrons. The van der Waals surface area contributed by atoms with E-state index in [1.165, 1.54) is 7.11 Å². The molecule has 36 heavy (non-hydrogen) atoms. The minimum Gasteiger partial charge on any atom is -0.469 e. The number of rotatable bonds is 10. The third-order valence-electron chi connectivity index (χ3n) is 5.55. The summed E-state index contributed by atoms with van der Waals surface area (Å²) in [5, 5.41) is 2.77. The second-order valence-electron chi connectivity index (χ2n) is 12.1. The van der Waals surface area contributed by atoms with Crippen LogP contribution in [0.3, 0.4) is 0 Å². The number of nitrogens with zero attached hydrogens (tertiary/aromatic N) is 1. The van der Waals surface area contributed by atoms with Crippen molar-refractivity contribution in [3.8, 4) is 0 Å². The highest BCUT2D eigenvalue weighted by atomic mass is 16.6. The number of hydrogen-bond donors (Lipinski definition) is 1. The number of benzene rings is 1. The Labute approximate surface area is 217 Å². The minimum absolute atomic E-state index is 0.348. The summed E-state index contributed by atoms with van der Waals surface area (Å²) in [4.78, 5) is 39.6. The Morgan fingerprint density at radius 2 is 1.47 bits per heavy atom. The number of methoxy groups -OCH3 is 1. The molecule has 8 heteroatoms. The fraction of sp³-hybridized carbons (Fsp3) is 0.679. The standard InChI is InChI=1S/C28H46N2O6/c1-20(29-24(32)35-26(2,3)4)22(23(31)34-10)18-28(8,9)16-17-30(25(33)36-27(5,6)7)19-21-14-12-11-13-15-21/h11-15,20,22H,16-19H2,1-10H3,(H,29,32)/t20-,22?/m1/s1. The molecule has 0 saturated heterocycles. The van der Waals surface area contributed by atoms with Crippen LogP contribution in [0.2, 0.25) is 0 Å². The molecule has 1 aromatic rings. The van der Waals surface area contributed by atoms with Gasteiger partial charge in [-0.3, -0.25) is 4.79 Å². The third-order valence-corrected chi connectivity index (χ3v) is 5.55. The average molecular weight is 507 g/mol. The summed E-state index contributed by atoms with van der Waals surface area (Å²) in [6.07, 6.45) is 0.0999. The molecule has 0 aromatic heterocycles. The summed E-state index contributed by atoms with van der Waals surface area (Å²) in [7, 11) is 1.34. The molecule has 0 fully saturated rings. The number of esters is 1. The van der Waals surface area contributed by atoms with Crippen LogP contribution in [-0.4, -0.2) is 54.0 Å². The van der Waals surface area contributed by atoms with Crippen LogP contribution < -0.4 is 5.32 Å². The van der Waals surface area contributed by atoms with Gasteiger partial charge in [-0.25, -0.2) is 9.59 Å². The van der Waals surface area contributed by atoms with Crippen molar-refractivity contribution >= 4 is 18.2 Å². The third kappa shape index (κ3) is 12.3. The molecule has 1 N–H and O–H groups in total. The van der Waals surface area contributed by atoms with E-state index < -0.39 is 35.2 Å². The molecule has 2 atom stereocenters. The van der Waals surface area contributed by atoms with Gasteiger partial charge in [0.05, 0.1) is 13.0 Å². The zero-order valence-electron chi connectivity index (χ0n) is 23.8. The number of carbonyl (C=O) groups excluding carboxylic acids is 3. The van der Waals surface area contributed by atoms with Gasteiger partial charge in [-0.05, 0) is 72.3 Å². The summed E-state index contributed by atoms with van der Waals surface area (Å²) in [5.41, 5.74) is -0.600. The summed E-state index contributed by atoms with van der Waals surface area (Å²) in [5.74, 6) is -0.985. The lowest BCUT2D eigenvalue weighted by Gasteiger charge is -2.34. The molecule has 2 amide bonds. The Morgan fingerprint density at radius 3 is 1.97 bits per heavy atom. The molecule has 0 bridgehead atoms. The molecule has 0 aliphatic rings. The predicted molar refractivity (Wildman–Crippen MR) is 140 cm³/mol. The van der Waals surface area contributed by atoms with Crippen LogP contribution in [0.5, 0.6) is 0 Å². The van der Waals surface area contributed by atoms with Gasteiger partial charge in [0, 0.05) is 19.1 Å². The van der Waals surface area contributed by atoms with E-state index in [0.717, 1.165) is 5.56 Å². The van der Waals surface area contributed by atoms with Crippen LogP contribution >= 0.6 is 0 Å². The fourth-order valence-electron chi connectivity index (χ4n) is 3.71. The number of ether oxygens (including phenoxy) is 3. The van der Waals surface area contributed by atoms with Crippen LogP contribution in [0, 0.1) is 11.3 Å². The van der Waals surface area contributed by atoms with Gasteiger partial charge in [0.25, 0.3) is 0 Å². The van der Waals surface area contributed by atoms with Crippen molar-refractivity contribution in [1.82, 2.24) is 10.2 Å². The molecule has 0 heterocycles. The largest absolute Gasteiger partial charge is 0.469 e. The van der Waals surface area contributed by atoms with Gasteiger partial charge >= 0.3 is 18.2 Å². The average Bonchev–Trinajstić information content (AvgIpc) is 2.72. The quantitative estimate of drug-likeness (QED) is 0.312. The SMILES string of the molecule is COC(=O)C(CC(C)(C)CCN(Cc1ccccc1)C(=O)OC(C)(C)C)[C@@H](C)NC(=O)OC(C)(C)C. The molecule has 1 unspecified atom stereocenters. The Balaban J connectivity index is 2.96. The van der Waals surface area contributed by atoms with E-state index in [1.807, 2.05) is 65.0 Å². The van der Waals surface area contributed by atoms with Crippen LogP contribution in [0.25, 0.3) is 0 Å². The second kappa shape index (κ2) is 13.0. The van der Waals surface area contributed by atoms with Crippen molar-refractivity contribution in [2.45, 2.75) is 98.9 Å². The van der Waals surface area contributed by atoms with Crippen LogP contribution in [-0.2, 0) is 25.5 Å². The van der Waals surface area contributed by atoms with Crippen molar-refractivity contribution in [2.75, 3.05) is 13.7 Å². The molecule has 8 nitrogen and oxygen atoms in total. The first kappa shape index (κ1) is 31.3. The molecule has 0 saturated carbocycles. The Bertz CT molecular complexity index is 855. The maximum absolute atomic E-state index is 13.0. The first-order valence-corrected chi connectivity index (χ1v) is 12.5. The molecular weight excluding hydrogens is 460 g/mol. The molecule has 0 aliphatic carbocycles. The number of alkyl carbamates (subject to hydrolysis) is 1. The highest BCUT2D eigenvalue weighted by Crippen LogP contribution is 2.32. The van der Waals surface area contributed by atoms with Crippen molar-refractivity contribution in [1.29, 1.82) is 0 Å². The highest BCUT2D eigenvalue weighted by Gasteiger charge is 2.35. The Morgan fingerprint density at radius 1 is 0.917 bits per heavy atom. The van der Waals surface area contributed by atoms with E-state index >= 15 is 0 Å². The molecule has 0 spiro atoms. The maximum atomic E-state index is 13.0. The lowest BCUT2D eigenvalue weighted by Crippen LogP contribution is -2.45. The second-order valence-corrected chi connectivity index (χ2v) is 12.1. The Hall–Kier alpha value is -2.77. The predicted octanol–water partition coefficient (Wildman–Crippen LogP) is 5.93. The topological polar surface area (TPSA) is 94.2 Å². The molecule has 1 aromatic carbocycles. The van der Waals surface area contributed by atoms with Gasteiger partial charge in [0.1, 0.15) is 11.2 Å². The van der Waals surface area contributed by atoms with Crippen LogP contribution in [0.1, 0.15) is 80.7 Å². The van der Waals surface area contributed by atoms with Crippen molar-refractivity contribution in [3.05, 3.63) is 35.9 Å². The van der Waals surface area contributed by atoms with Crippen molar-refractivity contribution in [3.63, 3.8) is 0 Å². The monoisotopic (exact) mass is 506 g/mol. The minimum atomic E-state index is -0.645. The van der Waals surface area contributed by atoms with E-state index in [9.17, 15) is 14.4 Å². The Kier molecular flexibility index (Phi) is 11.3. The summed E-state index contributed by atoms with van der Waals surface area (Å²) in [6, 6.07) is 9.25. The van der Waals surface area contributed by atoms with Gasteiger partial charge in [0.15, 0.2) is 0 Å². The number of nitrogens with one attached hydrogen (secondary N) is 1. The van der Waals surface area contributed by atoms with Gasteiger partial charge in [-0.2, -0.15) is 0 Å². The summed E-state index contributed by atoms with van der Waals surface area (Å²) in [6.45, 7) is 17.6. The first-order chi connectivity index (χ1) is 16.4. The maximum Gasteiger partial charge on any atom is 0.410 e. The highest BCUT2D eigenvalue weighted by molar-refractivity contribution is 5.75. The van der Waals surface area contributed by atoms with Gasteiger partial charge < -0.3 is 24.4 Å². The van der Waals surface area contributed by atoms with E-state index in [4.69, 9.17) is 14.2 Å². The van der Waals surface area contributed by atoms with Gasteiger partial charge in [-0.15, -0.1) is 0 Å². The normalized spacial score (nSPS) is 13.8. The van der Waals surface area contributed by atoms with E-state index in [-0.39, 0.29) is 11.5 Å². The van der Waals surface area contributed by atoms with Crippen LogP contribution in [0.15, 0.2) is 30.3 Å². The van der Waals surface area contributed by atoms with Gasteiger partial charge in [-0.1, -0.05) is 44.2 Å². The lowest BCUT2D eigenvalue weighted by atomic mass is 9.77. The van der Waals surface area contributed by atoms with Gasteiger partial charge in [0.2, 0.25) is 0 Å².